The highest BCUT2D eigenvalue weighted by atomic mass is 16.3. The van der Waals surface area contributed by atoms with E-state index in [1.165, 1.54) is 31.2 Å². The predicted molar refractivity (Wildman–Crippen MR) is 80.3 cm³/mol. The molecule has 0 radical (unpaired) electrons. The third kappa shape index (κ3) is 3.80. The van der Waals surface area contributed by atoms with Gasteiger partial charge in [-0.1, -0.05) is 44.5 Å². The predicted octanol–water partition coefficient (Wildman–Crippen LogP) is 3.55. The molecule has 1 aromatic carbocycles. The second-order valence-corrected chi connectivity index (χ2v) is 5.71. The van der Waals surface area contributed by atoms with E-state index in [-0.39, 0.29) is 6.10 Å². The van der Waals surface area contributed by atoms with Gasteiger partial charge in [0, 0.05) is 12.6 Å². The van der Waals surface area contributed by atoms with Gasteiger partial charge in [-0.3, -0.25) is 4.90 Å². The van der Waals surface area contributed by atoms with Crippen LogP contribution >= 0.6 is 0 Å². The fourth-order valence-corrected chi connectivity index (χ4v) is 3.12. The number of hydrogen-bond acceptors (Lipinski definition) is 2. The molecule has 19 heavy (non-hydrogen) atoms. The third-order valence-corrected chi connectivity index (χ3v) is 4.28. The summed E-state index contributed by atoms with van der Waals surface area (Å²) in [5, 5.41) is 10.4. The second kappa shape index (κ2) is 7.06. The molecular formula is C17H27NO. The lowest BCUT2D eigenvalue weighted by atomic mass is 10.0. The monoisotopic (exact) mass is 261 g/mol. The van der Waals surface area contributed by atoms with Gasteiger partial charge in [-0.2, -0.15) is 0 Å². The van der Waals surface area contributed by atoms with Crippen LogP contribution in [-0.4, -0.2) is 29.1 Å². The molecule has 2 rings (SSSR count). The fourth-order valence-electron chi connectivity index (χ4n) is 3.12. The van der Waals surface area contributed by atoms with Crippen LogP contribution in [0.15, 0.2) is 24.3 Å². The first-order chi connectivity index (χ1) is 9.24. The van der Waals surface area contributed by atoms with Gasteiger partial charge in [-0.05, 0) is 43.4 Å². The summed E-state index contributed by atoms with van der Waals surface area (Å²) in [6.45, 7) is 6.37. The molecule has 0 spiro atoms. The zero-order valence-corrected chi connectivity index (χ0v) is 12.3. The van der Waals surface area contributed by atoms with Gasteiger partial charge in [0.15, 0.2) is 0 Å². The average molecular weight is 261 g/mol. The van der Waals surface area contributed by atoms with Gasteiger partial charge in [-0.25, -0.2) is 0 Å². The highest BCUT2D eigenvalue weighted by Crippen LogP contribution is 2.24. The van der Waals surface area contributed by atoms with E-state index in [4.69, 9.17) is 0 Å². The molecule has 0 aromatic heterocycles. The molecule has 1 aliphatic rings. The van der Waals surface area contributed by atoms with Crippen LogP contribution in [0.3, 0.4) is 0 Å². The van der Waals surface area contributed by atoms with E-state index in [9.17, 15) is 5.11 Å². The molecule has 2 heteroatoms. The van der Waals surface area contributed by atoms with Crippen LogP contribution in [0.1, 0.15) is 56.8 Å². The van der Waals surface area contributed by atoms with Gasteiger partial charge in [0.25, 0.3) is 0 Å². The number of β-amino-alcohol motifs (C(OH)–C–C–N with tert-alkyl or cyclic N) is 1. The van der Waals surface area contributed by atoms with E-state index < -0.39 is 0 Å². The molecule has 1 saturated heterocycles. The Morgan fingerprint density at radius 2 is 2.00 bits per heavy atom. The number of rotatable bonds is 6. The van der Waals surface area contributed by atoms with Crippen LogP contribution in [0.5, 0.6) is 0 Å². The normalized spacial score (nSPS) is 21.7. The number of nitrogens with zero attached hydrogens (tertiary/aromatic N) is 1. The fraction of sp³-hybridized carbons (Fsp3) is 0.647. The summed E-state index contributed by atoms with van der Waals surface area (Å²) in [6, 6.07) is 9.17. The van der Waals surface area contributed by atoms with Crippen LogP contribution in [0, 0.1) is 0 Å². The maximum atomic E-state index is 10.4. The van der Waals surface area contributed by atoms with Crippen molar-refractivity contribution in [2.75, 3.05) is 13.1 Å². The Kier molecular flexibility index (Phi) is 5.41. The molecule has 2 unspecified atom stereocenters. The van der Waals surface area contributed by atoms with Crippen molar-refractivity contribution in [2.45, 2.75) is 58.1 Å². The minimum absolute atomic E-state index is 0.345. The van der Waals surface area contributed by atoms with Crippen molar-refractivity contribution in [2.24, 2.45) is 0 Å². The number of likely N-dealkylation sites (tertiary alicyclic amines) is 1. The maximum absolute atomic E-state index is 10.4. The Balaban J connectivity index is 1.93. The standard InChI is InChI=1S/C17H27NO/c1-3-6-14-8-10-15(11-9-14)17(19)13-18-12-5-7-16(18)4-2/h8-11,16-17,19H,3-7,12-13H2,1-2H3. The van der Waals surface area contributed by atoms with E-state index in [0.29, 0.717) is 6.04 Å². The molecule has 2 atom stereocenters. The first-order valence-electron chi connectivity index (χ1n) is 7.75. The molecule has 0 bridgehead atoms. The minimum atomic E-state index is -0.345. The number of aliphatic hydroxyl groups excluding tert-OH is 1. The smallest absolute Gasteiger partial charge is 0.0917 e. The van der Waals surface area contributed by atoms with E-state index in [0.717, 1.165) is 25.1 Å². The quantitative estimate of drug-likeness (QED) is 0.846. The van der Waals surface area contributed by atoms with Crippen molar-refractivity contribution in [3.63, 3.8) is 0 Å². The summed E-state index contributed by atoms with van der Waals surface area (Å²) in [5.41, 5.74) is 2.42. The molecule has 106 valence electrons. The molecule has 1 aliphatic heterocycles. The summed E-state index contributed by atoms with van der Waals surface area (Å²) >= 11 is 0. The van der Waals surface area contributed by atoms with Crippen molar-refractivity contribution in [1.82, 2.24) is 4.90 Å². The molecule has 2 nitrogen and oxygen atoms in total. The highest BCUT2D eigenvalue weighted by Gasteiger charge is 2.25. The van der Waals surface area contributed by atoms with E-state index in [1.807, 2.05) is 0 Å². The molecule has 1 fully saturated rings. The third-order valence-electron chi connectivity index (χ3n) is 4.28. The lowest BCUT2D eigenvalue weighted by molar-refractivity contribution is 0.105. The van der Waals surface area contributed by atoms with Crippen LogP contribution < -0.4 is 0 Å². The number of aryl methyl sites for hydroxylation is 1. The van der Waals surface area contributed by atoms with E-state index in [1.54, 1.807) is 0 Å². The topological polar surface area (TPSA) is 23.5 Å². The van der Waals surface area contributed by atoms with Gasteiger partial charge in [0.2, 0.25) is 0 Å². The minimum Gasteiger partial charge on any atom is -0.387 e. The molecule has 0 amide bonds. The molecular weight excluding hydrogens is 234 g/mol. The summed E-state index contributed by atoms with van der Waals surface area (Å²) in [5.74, 6) is 0. The largest absolute Gasteiger partial charge is 0.387 e. The Labute approximate surface area is 117 Å². The van der Waals surface area contributed by atoms with Crippen LogP contribution in [0.25, 0.3) is 0 Å². The summed E-state index contributed by atoms with van der Waals surface area (Å²) in [7, 11) is 0. The number of hydrogen-bond donors (Lipinski definition) is 1. The van der Waals surface area contributed by atoms with Gasteiger partial charge >= 0.3 is 0 Å². The Morgan fingerprint density at radius 1 is 1.26 bits per heavy atom. The Hall–Kier alpha value is -0.860. The molecule has 0 aliphatic carbocycles. The van der Waals surface area contributed by atoms with E-state index >= 15 is 0 Å². The molecule has 0 saturated carbocycles. The van der Waals surface area contributed by atoms with Crippen LogP contribution in [0.4, 0.5) is 0 Å². The number of benzene rings is 1. The van der Waals surface area contributed by atoms with Crippen molar-refractivity contribution in [3.05, 3.63) is 35.4 Å². The van der Waals surface area contributed by atoms with Gasteiger partial charge < -0.3 is 5.11 Å². The molecule has 1 N–H and O–H groups in total. The van der Waals surface area contributed by atoms with E-state index in [2.05, 4.69) is 43.0 Å². The van der Waals surface area contributed by atoms with Gasteiger partial charge in [-0.15, -0.1) is 0 Å². The summed E-state index contributed by atoms with van der Waals surface area (Å²) in [4.78, 5) is 2.45. The Bertz CT molecular complexity index is 373. The molecule has 1 aromatic rings. The van der Waals surface area contributed by atoms with Gasteiger partial charge in [0.05, 0.1) is 6.10 Å². The lowest BCUT2D eigenvalue weighted by Crippen LogP contribution is -2.32. The first kappa shape index (κ1) is 14.5. The lowest BCUT2D eigenvalue weighted by Gasteiger charge is -2.26. The number of aliphatic hydroxyl groups is 1. The van der Waals surface area contributed by atoms with Crippen molar-refractivity contribution >= 4 is 0 Å². The van der Waals surface area contributed by atoms with Crippen molar-refractivity contribution < 1.29 is 5.11 Å². The maximum Gasteiger partial charge on any atom is 0.0917 e. The Morgan fingerprint density at radius 3 is 2.63 bits per heavy atom. The van der Waals surface area contributed by atoms with Gasteiger partial charge in [0.1, 0.15) is 0 Å². The molecule has 1 heterocycles. The zero-order valence-electron chi connectivity index (χ0n) is 12.3. The highest BCUT2D eigenvalue weighted by molar-refractivity contribution is 5.24. The zero-order chi connectivity index (χ0) is 13.7. The SMILES string of the molecule is CCCc1ccc(C(O)CN2CCCC2CC)cc1. The first-order valence-corrected chi connectivity index (χ1v) is 7.75. The van der Waals surface area contributed by atoms with Crippen LogP contribution in [-0.2, 0) is 6.42 Å². The summed E-state index contributed by atoms with van der Waals surface area (Å²) < 4.78 is 0. The van der Waals surface area contributed by atoms with Crippen molar-refractivity contribution in [3.8, 4) is 0 Å². The van der Waals surface area contributed by atoms with Crippen molar-refractivity contribution in [1.29, 1.82) is 0 Å². The average Bonchev–Trinajstić information content (AvgIpc) is 2.87. The second-order valence-electron chi connectivity index (χ2n) is 5.71. The van der Waals surface area contributed by atoms with Crippen LogP contribution in [0.2, 0.25) is 0 Å². The summed E-state index contributed by atoms with van der Waals surface area (Å²) in [6.07, 6.45) is 5.72.